The minimum absolute atomic E-state index is 0.265. The zero-order valence-corrected chi connectivity index (χ0v) is 9.83. The standard InChI is InChI=1S/C11H12N4OS/c12-5-7-1-3-8(4-2-7)14-10(16)9-6-17-11(13)15-9/h1-4,6H,5,12H2,(H2,13,15)(H,14,16). The van der Waals surface area contributed by atoms with Crippen molar-refractivity contribution in [1.29, 1.82) is 0 Å². The van der Waals surface area contributed by atoms with Crippen molar-refractivity contribution < 1.29 is 4.79 Å². The minimum atomic E-state index is -0.265. The predicted molar refractivity (Wildman–Crippen MR) is 68.8 cm³/mol. The molecular formula is C11H12N4OS. The van der Waals surface area contributed by atoms with Crippen LogP contribution >= 0.6 is 11.3 Å². The van der Waals surface area contributed by atoms with Crippen molar-refractivity contribution in [3.8, 4) is 0 Å². The summed E-state index contributed by atoms with van der Waals surface area (Å²) in [6.07, 6.45) is 0. The molecular weight excluding hydrogens is 236 g/mol. The van der Waals surface area contributed by atoms with Crippen molar-refractivity contribution in [3.63, 3.8) is 0 Å². The molecule has 0 radical (unpaired) electrons. The van der Waals surface area contributed by atoms with Crippen LogP contribution in [0.15, 0.2) is 29.6 Å². The number of amides is 1. The van der Waals surface area contributed by atoms with Gasteiger partial charge in [0.15, 0.2) is 5.13 Å². The highest BCUT2D eigenvalue weighted by molar-refractivity contribution is 7.13. The van der Waals surface area contributed by atoms with Crippen LogP contribution in [0.2, 0.25) is 0 Å². The van der Waals surface area contributed by atoms with E-state index in [9.17, 15) is 4.79 Å². The molecule has 0 fully saturated rings. The lowest BCUT2D eigenvalue weighted by molar-refractivity contribution is 0.102. The second-order valence-corrected chi connectivity index (χ2v) is 4.32. The molecule has 0 unspecified atom stereocenters. The number of nitrogen functional groups attached to an aromatic ring is 1. The number of carbonyl (C=O) groups excluding carboxylic acids is 1. The molecule has 0 aliphatic heterocycles. The summed E-state index contributed by atoms with van der Waals surface area (Å²) in [6, 6.07) is 7.34. The summed E-state index contributed by atoms with van der Waals surface area (Å²) < 4.78 is 0. The lowest BCUT2D eigenvalue weighted by Gasteiger charge is -2.03. The van der Waals surface area contributed by atoms with E-state index in [0.29, 0.717) is 23.1 Å². The summed E-state index contributed by atoms with van der Waals surface area (Å²) >= 11 is 1.24. The molecule has 17 heavy (non-hydrogen) atoms. The zero-order chi connectivity index (χ0) is 12.3. The molecule has 5 N–H and O–H groups in total. The van der Waals surface area contributed by atoms with Gasteiger partial charge in [0.2, 0.25) is 0 Å². The molecule has 0 aliphatic rings. The Hall–Kier alpha value is -1.92. The van der Waals surface area contributed by atoms with E-state index < -0.39 is 0 Å². The molecule has 1 amide bonds. The van der Waals surface area contributed by atoms with E-state index in [4.69, 9.17) is 11.5 Å². The third-order valence-corrected chi connectivity index (χ3v) is 2.88. The van der Waals surface area contributed by atoms with Crippen LogP contribution in [0.3, 0.4) is 0 Å². The SMILES string of the molecule is NCc1ccc(NC(=O)c2csc(N)n2)cc1. The number of benzene rings is 1. The van der Waals surface area contributed by atoms with Gasteiger partial charge in [0.1, 0.15) is 5.69 Å². The highest BCUT2D eigenvalue weighted by Crippen LogP contribution is 2.14. The molecule has 88 valence electrons. The second-order valence-electron chi connectivity index (χ2n) is 3.43. The van der Waals surface area contributed by atoms with E-state index in [-0.39, 0.29) is 5.91 Å². The molecule has 1 aromatic carbocycles. The molecule has 1 heterocycles. The molecule has 2 aromatic rings. The summed E-state index contributed by atoms with van der Waals surface area (Å²) in [4.78, 5) is 15.6. The van der Waals surface area contributed by atoms with Gasteiger partial charge in [0.05, 0.1) is 0 Å². The average Bonchev–Trinajstić information content (AvgIpc) is 2.77. The quantitative estimate of drug-likeness (QED) is 0.766. The maximum absolute atomic E-state index is 11.7. The largest absolute Gasteiger partial charge is 0.375 e. The third-order valence-electron chi connectivity index (χ3n) is 2.20. The number of nitrogens with one attached hydrogen (secondary N) is 1. The first-order valence-corrected chi connectivity index (χ1v) is 5.88. The lowest BCUT2D eigenvalue weighted by Crippen LogP contribution is -2.12. The van der Waals surface area contributed by atoms with Crippen LogP contribution in [0.5, 0.6) is 0 Å². The van der Waals surface area contributed by atoms with Gasteiger partial charge in [-0.1, -0.05) is 12.1 Å². The molecule has 0 bridgehead atoms. The normalized spacial score (nSPS) is 10.2. The third kappa shape index (κ3) is 2.80. The van der Waals surface area contributed by atoms with E-state index in [0.717, 1.165) is 5.56 Å². The van der Waals surface area contributed by atoms with Crippen LogP contribution < -0.4 is 16.8 Å². The number of anilines is 2. The predicted octanol–water partition coefficient (Wildman–Crippen LogP) is 1.44. The summed E-state index contributed by atoms with van der Waals surface area (Å²) in [5.74, 6) is -0.265. The van der Waals surface area contributed by atoms with Crippen molar-refractivity contribution in [1.82, 2.24) is 4.98 Å². The van der Waals surface area contributed by atoms with Crippen molar-refractivity contribution in [2.24, 2.45) is 5.73 Å². The molecule has 0 spiro atoms. The number of nitrogens with zero attached hydrogens (tertiary/aromatic N) is 1. The summed E-state index contributed by atoms with van der Waals surface area (Å²) in [5.41, 5.74) is 13.0. The smallest absolute Gasteiger partial charge is 0.275 e. The van der Waals surface area contributed by atoms with Crippen molar-refractivity contribution in [2.75, 3.05) is 11.1 Å². The van der Waals surface area contributed by atoms with Crippen LogP contribution in [0.1, 0.15) is 16.1 Å². The number of rotatable bonds is 3. The van der Waals surface area contributed by atoms with Crippen LogP contribution in [0, 0.1) is 0 Å². The van der Waals surface area contributed by atoms with Crippen LogP contribution in [0.4, 0.5) is 10.8 Å². The Morgan fingerprint density at radius 2 is 2.06 bits per heavy atom. The molecule has 0 saturated heterocycles. The van der Waals surface area contributed by atoms with Crippen molar-refractivity contribution in [2.45, 2.75) is 6.54 Å². The van der Waals surface area contributed by atoms with E-state index in [1.165, 1.54) is 11.3 Å². The Morgan fingerprint density at radius 3 is 2.59 bits per heavy atom. The molecule has 0 saturated carbocycles. The van der Waals surface area contributed by atoms with E-state index in [2.05, 4.69) is 10.3 Å². The topological polar surface area (TPSA) is 94.0 Å². The van der Waals surface area contributed by atoms with Gasteiger partial charge in [-0.15, -0.1) is 11.3 Å². The molecule has 0 atom stereocenters. The van der Waals surface area contributed by atoms with Gasteiger partial charge in [0.25, 0.3) is 5.91 Å². The van der Waals surface area contributed by atoms with Crippen molar-refractivity contribution >= 4 is 28.1 Å². The Balaban J connectivity index is 2.07. The number of aromatic nitrogens is 1. The first-order chi connectivity index (χ1) is 8.19. The fourth-order valence-corrected chi connectivity index (χ4v) is 1.85. The van der Waals surface area contributed by atoms with E-state index in [1.54, 1.807) is 17.5 Å². The van der Waals surface area contributed by atoms with Crippen LogP contribution in [-0.2, 0) is 6.54 Å². The van der Waals surface area contributed by atoms with E-state index in [1.807, 2.05) is 12.1 Å². The van der Waals surface area contributed by atoms with Crippen LogP contribution in [0.25, 0.3) is 0 Å². The summed E-state index contributed by atoms with van der Waals surface area (Å²) in [6.45, 7) is 0.483. The van der Waals surface area contributed by atoms with Crippen molar-refractivity contribution in [3.05, 3.63) is 40.9 Å². The molecule has 6 heteroatoms. The van der Waals surface area contributed by atoms with Crippen LogP contribution in [-0.4, -0.2) is 10.9 Å². The first kappa shape index (κ1) is 11.6. The highest BCUT2D eigenvalue weighted by Gasteiger charge is 2.09. The number of nitrogens with two attached hydrogens (primary N) is 2. The van der Waals surface area contributed by atoms with Gasteiger partial charge >= 0.3 is 0 Å². The Labute approximate surface area is 102 Å². The maximum atomic E-state index is 11.7. The average molecular weight is 248 g/mol. The maximum Gasteiger partial charge on any atom is 0.275 e. The van der Waals surface area contributed by atoms with Gasteiger partial charge in [-0.25, -0.2) is 4.98 Å². The molecule has 2 rings (SSSR count). The number of hydrogen-bond acceptors (Lipinski definition) is 5. The minimum Gasteiger partial charge on any atom is -0.375 e. The first-order valence-electron chi connectivity index (χ1n) is 5.00. The molecule has 0 aliphatic carbocycles. The fourth-order valence-electron chi connectivity index (χ4n) is 1.31. The summed E-state index contributed by atoms with van der Waals surface area (Å²) in [5, 5.41) is 4.74. The molecule has 1 aromatic heterocycles. The van der Waals surface area contributed by atoms with Gasteiger partial charge in [-0.2, -0.15) is 0 Å². The number of hydrogen-bond donors (Lipinski definition) is 3. The van der Waals surface area contributed by atoms with E-state index >= 15 is 0 Å². The summed E-state index contributed by atoms with van der Waals surface area (Å²) in [7, 11) is 0. The Morgan fingerprint density at radius 1 is 1.35 bits per heavy atom. The van der Waals surface area contributed by atoms with Gasteiger partial charge in [0, 0.05) is 17.6 Å². The fraction of sp³-hybridized carbons (Fsp3) is 0.0909. The second kappa shape index (κ2) is 4.94. The monoisotopic (exact) mass is 248 g/mol. The zero-order valence-electron chi connectivity index (χ0n) is 9.01. The Bertz CT molecular complexity index is 521. The molecule has 5 nitrogen and oxygen atoms in total. The van der Waals surface area contributed by atoms with Gasteiger partial charge in [-0.3, -0.25) is 4.79 Å². The number of thiazole rings is 1. The van der Waals surface area contributed by atoms with Gasteiger partial charge < -0.3 is 16.8 Å². The lowest BCUT2D eigenvalue weighted by atomic mass is 10.2. The highest BCUT2D eigenvalue weighted by atomic mass is 32.1. The van der Waals surface area contributed by atoms with Gasteiger partial charge in [-0.05, 0) is 17.7 Å². The Kier molecular flexibility index (Phi) is 3.36. The number of carbonyl (C=O) groups is 1.